The number of aliphatic hydroxyl groups excluding tert-OH is 1. The van der Waals surface area contributed by atoms with Crippen molar-refractivity contribution in [2.45, 2.75) is 31.6 Å². The number of nitrogens with one attached hydrogen (secondary N) is 2. The lowest BCUT2D eigenvalue weighted by atomic mass is 10.1. The Morgan fingerprint density at radius 3 is 2.88 bits per heavy atom. The van der Waals surface area contributed by atoms with Crippen molar-refractivity contribution in [3.8, 4) is 11.5 Å². The van der Waals surface area contributed by atoms with Crippen molar-refractivity contribution in [1.29, 1.82) is 0 Å². The minimum Gasteiger partial charge on any atom is -0.396 e. The van der Waals surface area contributed by atoms with Crippen LogP contribution in [0.25, 0.3) is 11.5 Å². The van der Waals surface area contributed by atoms with E-state index in [-0.39, 0.29) is 17.9 Å². The smallest absolute Gasteiger partial charge is 0.319 e. The predicted molar refractivity (Wildman–Crippen MR) is 87.4 cm³/mol. The summed E-state index contributed by atoms with van der Waals surface area (Å²) in [5.41, 5.74) is 0.547. The summed E-state index contributed by atoms with van der Waals surface area (Å²) in [6.07, 6.45) is 3.86. The van der Waals surface area contributed by atoms with Gasteiger partial charge < -0.3 is 20.3 Å². The number of hydrogen-bond donors (Lipinski definition) is 3. The molecule has 2 aromatic rings. The summed E-state index contributed by atoms with van der Waals surface area (Å²) in [4.78, 5) is 16.4. The standard InChI is InChI=1S/C17H19FN4O3/c18-11-3-4-13(20-16(24)19-8-17(9-23)5-6-17)12(7-11)15-21-14(22-25-15)10-1-2-10/h3-4,7,10,23H,1-2,5-6,8-9H2,(H2,19,20,24). The summed E-state index contributed by atoms with van der Waals surface area (Å²) in [5, 5.41) is 18.7. The van der Waals surface area contributed by atoms with Crippen LogP contribution < -0.4 is 10.6 Å². The third-order valence-electron chi connectivity index (χ3n) is 4.76. The first-order chi connectivity index (χ1) is 12.1. The van der Waals surface area contributed by atoms with Crippen LogP contribution in [0.15, 0.2) is 22.7 Å². The topological polar surface area (TPSA) is 100 Å². The van der Waals surface area contributed by atoms with Crippen LogP contribution in [0, 0.1) is 11.2 Å². The highest BCUT2D eigenvalue weighted by Gasteiger charge is 2.42. The molecule has 2 fully saturated rings. The average molecular weight is 346 g/mol. The number of halogens is 1. The van der Waals surface area contributed by atoms with E-state index in [1.807, 2.05) is 0 Å². The van der Waals surface area contributed by atoms with Gasteiger partial charge in [-0.15, -0.1) is 0 Å². The number of anilines is 1. The number of aliphatic hydroxyl groups is 1. The zero-order chi connectivity index (χ0) is 17.4. The van der Waals surface area contributed by atoms with Crippen molar-refractivity contribution in [3.63, 3.8) is 0 Å². The van der Waals surface area contributed by atoms with Crippen molar-refractivity contribution >= 4 is 11.7 Å². The predicted octanol–water partition coefficient (Wildman–Crippen LogP) is 2.65. The van der Waals surface area contributed by atoms with Gasteiger partial charge in [-0.05, 0) is 43.9 Å². The Morgan fingerprint density at radius 1 is 1.40 bits per heavy atom. The number of hydrogen-bond acceptors (Lipinski definition) is 5. The van der Waals surface area contributed by atoms with Gasteiger partial charge >= 0.3 is 6.03 Å². The summed E-state index contributed by atoms with van der Waals surface area (Å²) < 4.78 is 18.9. The second-order valence-electron chi connectivity index (χ2n) is 6.89. The maximum absolute atomic E-state index is 13.7. The molecule has 0 atom stereocenters. The number of carbonyl (C=O) groups is 1. The Hall–Kier alpha value is -2.48. The van der Waals surface area contributed by atoms with Gasteiger partial charge in [0.05, 0.1) is 17.9 Å². The number of urea groups is 1. The van der Waals surface area contributed by atoms with E-state index >= 15 is 0 Å². The van der Waals surface area contributed by atoms with Gasteiger partial charge in [0.1, 0.15) is 5.82 Å². The third-order valence-corrected chi connectivity index (χ3v) is 4.76. The zero-order valence-electron chi connectivity index (χ0n) is 13.6. The Labute approximate surface area is 143 Å². The molecule has 25 heavy (non-hydrogen) atoms. The third kappa shape index (κ3) is 3.48. The van der Waals surface area contributed by atoms with Gasteiger partial charge in [0.25, 0.3) is 5.89 Å². The van der Waals surface area contributed by atoms with Crippen LogP contribution in [0.4, 0.5) is 14.9 Å². The number of rotatable bonds is 6. The Bertz CT molecular complexity index is 799. The van der Waals surface area contributed by atoms with Crippen LogP contribution in [0.1, 0.15) is 37.4 Å². The molecule has 2 aliphatic carbocycles. The molecule has 0 aliphatic heterocycles. The molecule has 0 bridgehead atoms. The molecule has 0 saturated heterocycles. The van der Waals surface area contributed by atoms with E-state index in [0.29, 0.717) is 29.5 Å². The lowest BCUT2D eigenvalue weighted by Crippen LogP contribution is -2.35. The van der Waals surface area contributed by atoms with Gasteiger partial charge in [0, 0.05) is 17.9 Å². The van der Waals surface area contributed by atoms with Crippen molar-refractivity contribution in [2.75, 3.05) is 18.5 Å². The summed E-state index contributed by atoms with van der Waals surface area (Å²) in [5.74, 6) is 0.669. The quantitative estimate of drug-likeness (QED) is 0.746. The van der Waals surface area contributed by atoms with Crippen LogP contribution in [-0.2, 0) is 0 Å². The molecule has 0 spiro atoms. The number of amides is 2. The molecule has 1 aromatic heterocycles. The highest BCUT2D eigenvalue weighted by molar-refractivity contribution is 5.93. The van der Waals surface area contributed by atoms with Gasteiger partial charge in [-0.2, -0.15) is 4.98 Å². The maximum Gasteiger partial charge on any atom is 0.319 e. The SMILES string of the molecule is O=C(NCC1(CO)CC1)Nc1ccc(F)cc1-c1nc(C2CC2)no1. The van der Waals surface area contributed by atoms with Crippen molar-refractivity contribution < 1.29 is 18.8 Å². The average Bonchev–Trinajstić information content (AvgIpc) is 3.54. The minimum atomic E-state index is -0.454. The number of benzene rings is 1. The molecule has 2 amide bonds. The normalized spacial score (nSPS) is 18.0. The Kier molecular flexibility index (Phi) is 3.91. The summed E-state index contributed by atoms with van der Waals surface area (Å²) in [7, 11) is 0. The second kappa shape index (κ2) is 6.11. The highest BCUT2D eigenvalue weighted by atomic mass is 19.1. The first kappa shape index (κ1) is 16.0. The van der Waals surface area contributed by atoms with Gasteiger partial charge in [-0.3, -0.25) is 0 Å². The molecule has 132 valence electrons. The van der Waals surface area contributed by atoms with E-state index in [0.717, 1.165) is 25.7 Å². The molecular formula is C17H19FN4O3. The highest BCUT2D eigenvalue weighted by Crippen LogP contribution is 2.44. The van der Waals surface area contributed by atoms with Crippen molar-refractivity contribution in [3.05, 3.63) is 29.8 Å². The molecular weight excluding hydrogens is 327 g/mol. The van der Waals surface area contributed by atoms with E-state index in [9.17, 15) is 14.3 Å². The lowest BCUT2D eigenvalue weighted by molar-refractivity contribution is 0.206. The fourth-order valence-corrected chi connectivity index (χ4v) is 2.66. The van der Waals surface area contributed by atoms with E-state index in [1.165, 1.54) is 18.2 Å². The summed E-state index contributed by atoms with van der Waals surface area (Å²) in [6.45, 7) is 0.458. The molecule has 8 heteroatoms. The van der Waals surface area contributed by atoms with Crippen LogP contribution in [0.3, 0.4) is 0 Å². The second-order valence-corrected chi connectivity index (χ2v) is 6.89. The Morgan fingerprint density at radius 2 is 2.20 bits per heavy atom. The molecule has 2 aliphatic rings. The summed E-state index contributed by atoms with van der Waals surface area (Å²) in [6, 6.07) is 3.56. The first-order valence-corrected chi connectivity index (χ1v) is 8.38. The molecule has 0 unspecified atom stereocenters. The van der Waals surface area contributed by atoms with E-state index in [1.54, 1.807) is 0 Å². The molecule has 3 N–H and O–H groups in total. The van der Waals surface area contributed by atoms with Crippen LogP contribution in [0.5, 0.6) is 0 Å². The molecule has 2 saturated carbocycles. The fraction of sp³-hybridized carbons (Fsp3) is 0.471. The van der Waals surface area contributed by atoms with Crippen LogP contribution in [-0.4, -0.2) is 34.4 Å². The number of aromatic nitrogens is 2. The monoisotopic (exact) mass is 346 g/mol. The van der Waals surface area contributed by atoms with E-state index < -0.39 is 11.8 Å². The zero-order valence-corrected chi connectivity index (χ0v) is 13.6. The van der Waals surface area contributed by atoms with E-state index in [4.69, 9.17) is 4.52 Å². The van der Waals surface area contributed by atoms with Gasteiger partial charge in [-0.1, -0.05) is 5.16 Å². The van der Waals surface area contributed by atoms with Gasteiger partial charge in [0.15, 0.2) is 5.82 Å². The maximum atomic E-state index is 13.7. The molecule has 0 radical (unpaired) electrons. The minimum absolute atomic E-state index is 0.0566. The Balaban J connectivity index is 1.49. The molecule has 1 aromatic carbocycles. The molecule has 7 nitrogen and oxygen atoms in total. The summed E-state index contributed by atoms with van der Waals surface area (Å²) >= 11 is 0. The molecule has 4 rings (SSSR count). The van der Waals surface area contributed by atoms with E-state index in [2.05, 4.69) is 20.8 Å². The van der Waals surface area contributed by atoms with Gasteiger partial charge in [0.2, 0.25) is 0 Å². The van der Waals surface area contributed by atoms with Gasteiger partial charge in [-0.25, -0.2) is 9.18 Å². The molecule has 1 heterocycles. The fourth-order valence-electron chi connectivity index (χ4n) is 2.66. The van der Waals surface area contributed by atoms with Crippen molar-refractivity contribution in [2.24, 2.45) is 5.41 Å². The van der Waals surface area contributed by atoms with Crippen LogP contribution >= 0.6 is 0 Å². The number of nitrogens with zero attached hydrogens (tertiary/aromatic N) is 2. The van der Waals surface area contributed by atoms with Crippen molar-refractivity contribution in [1.82, 2.24) is 15.5 Å². The largest absolute Gasteiger partial charge is 0.396 e. The lowest BCUT2D eigenvalue weighted by Gasteiger charge is -2.14. The van der Waals surface area contributed by atoms with Crippen LogP contribution in [0.2, 0.25) is 0 Å². The first-order valence-electron chi connectivity index (χ1n) is 8.38. The number of carbonyl (C=O) groups excluding carboxylic acids is 1.